The van der Waals surface area contributed by atoms with E-state index in [4.69, 9.17) is 9.47 Å². The van der Waals surface area contributed by atoms with Crippen molar-refractivity contribution in [3.63, 3.8) is 0 Å². The molecule has 2 unspecified atom stereocenters. The number of benzene rings is 1. The molecule has 1 heterocycles. The summed E-state index contributed by atoms with van der Waals surface area (Å²) >= 11 is 0. The van der Waals surface area contributed by atoms with E-state index in [-0.39, 0.29) is 5.41 Å². The van der Waals surface area contributed by atoms with Gasteiger partial charge in [-0.05, 0) is 44.5 Å². The van der Waals surface area contributed by atoms with Crippen molar-refractivity contribution in [2.45, 2.75) is 25.9 Å². The van der Waals surface area contributed by atoms with Gasteiger partial charge < -0.3 is 14.8 Å². The summed E-state index contributed by atoms with van der Waals surface area (Å²) in [5.41, 5.74) is 1.53. The van der Waals surface area contributed by atoms with E-state index in [0.717, 1.165) is 31.7 Å². The Balaban J connectivity index is 2.18. The van der Waals surface area contributed by atoms with Crippen LogP contribution in [0, 0.1) is 5.41 Å². The minimum Gasteiger partial charge on any atom is -0.497 e. The molecule has 1 aliphatic heterocycles. The van der Waals surface area contributed by atoms with E-state index in [1.54, 1.807) is 7.11 Å². The quantitative estimate of drug-likeness (QED) is 0.868. The average molecular weight is 249 g/mol. The molecular formula is C15H23NO2. The fourth-order valence-electron chi connectivity index (χ4n) is 2.89. The zero-order valence-corrected chi connectivity index (χ0v) is 11.5. The Hall–Kier alpha value is -1.06. The van der Waals surface area contributed by atoms with E-state index >= 15 is 0 Å². The average Bonchev–Trinajstić information content (AvgIpc) is 2.72. The lowest BCUT2D eigenvalue weighted by Gasteiger charge is -2.32. The van der Waals surface area contributed by atoms with Crippen molar-refractivity contribution in [1.82, 2.24) is 5.32 Å². The number of hydrogen-bond donors (Lipinski definition) is 1. The zero-order chi connectivity index (χ0) is 13.0. The summed E-state index contributed by atoms with van der Waals surface area (Å²) in [6.45, 7) is 4.04. The molecule has 2 atom stereocenters. The van der Waals surface area contributed by atoms with Crippen LogP contribution >= 0.6 is 0 Å². The number of rotatable bonds is 5. The lowest BCUT2D eigenvalue weighted by atomic mass is 9.76. The van der Waals surface area contributed by atoms with E-state index in [9.17, 15) is 0 Å². The van der Waals surface area contributed by atoms with Crippen LogP contribution in [0.25, 0.3) is 0 Å². The molecule has 0 radical (unpaired) electrons. The highest BCUT2D eigenvalue weighted by molar-refractivity contribution is 5.29. The van der Waals surface area contributed by atoms with Gasteiger partial charge in [-0.15, -0.1) is 0 Å². The van der Waals surface area contributed by atoms with Crippen molar-refractivity contribution in [2.24, 2.45) is 5.41 Å². The van der Waals surface area contributed by atoms with Gasteiger partial charge in [-0.3, -0.25) is 0 Å². The minimum atomic E-state index is 0.209. The molecule has 0 aromatic heterocycles. The normalized spacial score (nSPS) is 27.4. The van der Waals surface area contributed by atoms with Crippen LogP contribution in [0.3, 0.4) is 0 Å². The number of nitrogens with one attached hydrogen (secondary N) is 1. The van der Waals surface area contributed by atoms with Crippen LogP contribution in [-0.2, 0) is 11.2 Å². The number of methoxy groups -OCH3 is 1. The lowest BCUT2D eigenvalue weighted by Crippen LogP contribution is -2.40. The summed E-state index contributed by atoms with van der Waals surface area (Å²) in [6, 6.07) is 8.35. The van der Waals surface area contributed by atoms with Gasteiger partial charge in [0, 0.05) is 18.6 Å². The number of hydrogen-bond acceptors (Lipinski definition) is 3. The first kappa shape index (κ1) is 13.4. The van der Waals surface area contributed by atoms with Gasteiger partial charge >= 0.3 is 0 Å². The summed E-state index contributed by atoms with van der Waals surface area (Å²) < 4.78 is 11.1. The minimum absolute atomic E-state index is 0.209. The molecular weight excluding hydrogens is 226 g/mol. The van der Waals surface area contributed by atoms with E-state index in [2.05, 4.69) is 30.4 Å². The molecule has 100 valence electrons. The van der Waals surface area contributed by atoms with Crippen molar-refractivity contribution in [3.05, 3.63) is 29.8 Å². The van der Waals surface area contributed by atoms with Gasteiger partial charge in [-0.25, -0.2) is 0 Å². The molecule has 3 heteroatoms. The molecule has 18 heavy (non-hydrogen) atoms. The molecule has 0 amide bonds. The Morgan fingerprint density at radius 2 is 2.33 bits per heavy atom. The van der Waals surface area contributed by atoms with Crippen molar-refractivity contribution in [3.8, 4) is 5.75 Å². The first-order chi connectivity index (χ1) is 8.70. The molecule has 0 aliphatic carbocycles. The molecule has 1 fully saturated rings. The van der Waals surface area contributed by atoms with Crippen LogP contribution in [0.5, 0.6) is 5.75 Å². The Labute approximate surface area is 109 Å². The van der Waals surface area contributed by atoms with Crippen LogP contribution in [0.2, 0.25) is 0 Å². The standard InChI is InChI=1S/C15H23NO2/c1-12-15(11-16-2,7-8-18-12)10-13-5-4-6-14(9-13)17-3/h4-6,9,12,16H,7-8,10-11H2,1-3H3. The van der Waals surface area contributed by atoms with E-state index in [1.807, 2.05) is 13.1 Å². The van der Waals surface area contributed by atoms with Crippen molar-refractivity contribution in [1.29, 1.82) is 0 Å². The van der Waals surface area contributed by atoms with Gasteiger partial charge in [-0.2, -0.15) is 0 Å². The topological polar surface area (TPSA) is 30.5 Å². The van der Waals surface area contributed by atoms with Gasteiger partial charge in [-0.1, -0.05) is 12.1 Å². The van der Waals surface area contributed by atoms with E-state index < -0.39 is 0 Å². The molecule has 1 aliphatic rings. The molecule has 1 aromatic rings. The molecule has 0 bridgehead atoms. The lowest BCUT2D eigenvalue weighted by molar-refractivity contribution is 0.0639. The van der Waals surface area contributed by atoms with Crippen LogP contribution < -0.4 is 10.1 Å². The third-order valence-electron chi connectivity index (χ3n) is 4.05. The first-order valence-corrected chi connectivity index (χ1v) is 6.59. The summed E-state index contributed by atoms with van der Waals surface area (Å²) in [5.74, 6) is 0.929. The molecule has 1 saturated heterocycles. The predicted octanol–water partition coefficient (Wildman–Crippen LogP) is 2.25. The Bertz CT molecular complexity index is 394. The summed E-state index contributed by atoms with van der Waals surface area (Å²) in [6.07, 6.45) is 2.45. The summed E-state index contributed by atoms with van der Waals surface area (Å²) in [4.78, 5) is 0. The first-order valence-electron chi connectivity index (χ1n) is 6.59. The second-order valence-corrected chi connectivity index (χ2v) is 5.18. The maximum Gasteiger partial charge on any atom is 0.119 e. The fraction of sp³-hybridized carbons (Fsp3) is 0.600. The highest BCUT2D eigenvalue weighted by atomic mass is 16.5. The number of ether oxygens (including phenoxy) is 2. The van der Waals surface area contributed by atoms with E-state index in [1.165, 1.54) is 5.56 Å². The Morgan fingerprint density at radius 3 is 2.94 bits per heavy atom. The van der Waals surface area contributed by atoms with Crippen LogP contribution in [0.4, 0.5) is 0 Å². The molecule has 1 aromatic carbocycles. The van der Waals surface area contributed by atoms with Crippen LogP contribution in [-0.4, -0.2) is 33.4 Å². The van der Waals surface area contributed by atoms with Gasteiger partial charge in [0.2, 0.25) is 0 Å². The molecule has 3 nitrogen and oxygen atoms in total. The second kappa shape index (κ2) is 5.72. The smallest absolute Gasteiger partial charge is 0.119 e. The fourth-order valence-corrected chi connectivity index (χ4v) is 2.89. The summed E-state index contributed by atoms with van der Waals surface area (Å²) in [7, 11) is 3.72. The van der Waals surface area contributed by atoms with Crippen molar-refractivity contribution < 1.29 is 9.47 Å². The predicted molar refractivity (Wildman–Crippen MR) is 73.1 cm³/mol. The molecule has 0 saturated carbocycles. The third-order valence-corrected chi connectivity index (χ3v) is 4.05. The highest BCUT2D eigenvalue weighted by Crippen LogP contribution is 2.38. The Morgan fingerprint density at radius 1 is 1.50 bits per heavy atom. The third kappa shape index (κ3) is 2.68. The maximum absolute atomic E-state index is 5.78. The zero-order valence-electron chi connectivity index (χ0n) is 11.5. The van der Waals surface area contributed by atoms with Crippen molar-refractivity contribution in [2.75, 3.05) is 27.3 Å². The SMILES string of the molecule is CNCC1(Cc2cccc(OC)c2)CCOC1C. The summed E-state index contributed by atoms with van der Waals surface area (Å²) in [5, 5.41) is 3.32. The van der Waals surface area contributed by atoms with Gasteiger partial charge in [0.15, 0.2) is 0 Å². The second-order valence-electron chi connectivity index (χ2n) is 5.18. The highest BCUT2D eigenvalue weighted by Gasteiger charge is 2.40. The van der Waals surface area contributed by atoms with Crippen LogP contribution in [0.1, 0.15) is 18.9 Å². The molecule has 0 spiro atoms. The molecule has 1 N–H and O–H groups in total. The van der Waals surface area contributed by atoms with Crippen LogP contribution in [0.15, 0.2) is 24.3 Å². The van der Waals surface area contributed by atoms with Gasteiger partial charge in [0.05, 0.1) is 13.2 Å². The largest absolute Gasteiger partial charge is 0.497 e. The Kier molecular flexibility index (Phi) is 4.25. The molecule has 2 rings (SSSR count). The van der Waals surface area contributed by atoms with E-state index in [0.29, 0.717) is 6.10 Å². The van der Waals surface area contributed by atoms with Crippen molar-refractivity contribution >= 4 is 0 Å². The monoisotopic (exact) mass is 249 g/mol. The van der Waals surface area contributed by atoms with Gasteiger partial charge in [0.1, 0.15) is 5.75 Å². The maximum atomic E-state index is 5.78. The van der Waals surface area contributed by atoms with Gasteiger partial charge in [0.25, 0.3) is 0 Å².